The second-order valence-corrected chi connectivity index (χ2v) is 4.41. The van der Waals surface area contributed by atoms with Gasteiger partial charge in [-0.3, -0.25) is 0 Å². The highest BCUT2D eigenvalue weighted by atomic mass is 16.5. The van der Waals surface area contributed by atoms with Gasteiger partial charge >= 0.3 is 5.97 Å². The lowest BCUT2D eigenvalue weighted by molar-refractivity contribution is 0.0601. The normalized spacial score (nSPS) is 10.7. The number of aromatic nitrogens is 1. The van der Waals surface area contributed by atoms with Crippen LogP contribution in [0.2, 0.25) is 0 Å². The van der Waals surface area contributed by atoms with Gasteiger partial charge in [-0.25, -0.2) is 4.79 Å². The third-order valence-electron chi connectivity index (χ3n) is 3.26. The van der Waals surface area contributed by atoms with Crippen molar-refractivity contribution in [1.82, 2.24) is 4.57 Å². The molecule has 0 saturated carbocycles. The Morgan fingerprint density at radius 1 is 1.10 bits per heavy atom. The number of aromatic hydroxyl groups is 1. The molecule has 0 radical (unpaired) electrons. The molecule has 4 nitrogen and oxygen atoms in total. The summed E-state index contributed by atoms with van der Waals surface area (Å²) in [5.74, 6) is -0.224. The smallest absolute Gasteiger partial charge is 0.339 e. The molecule has 0 aliphatic heterocycles. The van der Waals surface area contributed by atoms with Crippen molar-refractivity contribution >= 4 is 16.9 Å². The van der Waals surface area contributed by atoms with Gasteiger partial charge in [-0.15, -0.1) is 0 Å². The highest BCUT2D eigenvalue weighted by Gasteiger charge is 2.15. The molecule has 100 valence electrons. The first-order chi connectivity index (χ1) is 9.72. The summed E-state index contributed by atoms with van der Waals surface area (Å²) < 4.78 is 6.59. The van der Waals surface area contributed by atoms with Crippen molar-refractivity contribution in [2.75, 3.05) is 7.11 Å². The Bertz CT molecular complexity index is 789. The van der Waals surface area contributed by atoms with Crippen LogP contribution in [0.3, 0.4) is 0 Å². The van der Waals surface area contributed by atoms with Crippen LogP contribution < -0.4 is 0 Å². The molecule has 0 aliphatic carbocycles. The minimum atomic E-state index is -0.405. The molecule has 0 aliphatic rings. The Balaban J connectivity index is 2.29. The fourth-order valence-corrected chi connectivity index (χ4v) is 2.33. The highest BCUT2D eigenvalue weighted by molar-refractivity contribution is 5.95. The van der Waals surface area contributed by atoms with E-state index in [0.29, 0.717) is 11.3 Å². The number of fused-ring (bicyclic) bond motifs is 1. The number of benzene rings is 2. The van der Waals surface area contributed by atoms with Gasteiger partial charge in [-0.05, 0) is 24.3 Å². The summed E-state index contributed by atoms with van der Waals surface area (Å²) in [6.45, 7) is 0. The van der Waals surface area contributed by atoms with Crippen molar-refractivity contribution in [2.45, 2.75) is 0 Å². The maximum absolute atomic E-state index is 11.9. The molecule has 0 unspecified atom stereocenters. The van der Waals surface area contributed by atoms with Gasteiger partial charge in [0.1, 0.15) is 5.75 Å². The number of hydrogen-bond donors (Lipinski definition) is 1. The first-order valence-corrected chi connectivity index (χ1v) is 6.19. The van der Waals surface area contributed by atoms with E-state index >= 15 is 0 Å². The number of rotatable bonds is 2. The van der Waals surface area contributed by atoms with E-state index in [4.69, 9.17) is 4.74 Å². The van der Waals surface area contributed by atoms with Gasteiger partial charge in [0.15, 0.2) is 0 Å². The monoisotopic (exact) mass is 267 g/mol. The topological polar surface area (TPSA) is 51.5 Å². The molecule has 1 N–H and O–H groups in total. The quantitative estimate of drug-likeness (QED) is 0.726. The maximum Gasteiger partial charge on any atom is 0.339 e. The molecule has 0 spiro atoms. The zero-order valence-electron chi connectivity index (χ0n) is 10.9. The van der Waals surface area contributed by atoms with Gasteiger partial charge in [-0.1, -0.05) is 24.3 Å². The van der Waals surface area contributed by atoms with E-state index in [1.807, 2.05) is 36.4 Å². The molecule has 1 heterocycles. The Labute approximate surface area is 115 Å². The average Bonchev–Trinajstić information content (AvgIpc) is 2.84. The van der Waals surface area contributed by atoms with Crippen LogP contribution in [0.4, 0.5) is 0 Å². The summed E-state index contributed by atoms with van der Waals surface area (Å²) in [6, 6.07) is 14.6. The number of methoxy groups -OCH3 is 1. The van der Waals surface area contributed by atoms with Crippen LogP contribution in [-0.2, 0) is 4.74 Å². The number of para-hydroxylation sites is 2. The van der Waals surface area contributed by atoms with Gasteiger partial charge in [0.2, 0.25) is 0 Å². The van der Waals surface area contributed by atoms with E-state index in [-0.39, 0.29) is 5.75 Å². The minimum Gasteiger partial charge on any atom is -0.506 e. The first-order valence-electron chi connectivity index (χ1n) is 6.19. The molecule has 20 heavy (non-hydrogen) atoms. The van der Waals surface area contributed by atoms with Crippen LogP contribution in [0.1, 0.15) is 10.4 Å². The van der Waals surface area contributed by atoms with Gasteiger partial charge in [0.05, 0.1) is 30.1 Å². The van der Waals surface area contributed by atoms with E-state index in [1.54, 1.807) is 22.9 Å². The summed E-state index contributed by atoms with van der Waals surface area (Å²) in [4.78, 5) is 11.9. The summed E-state index contributed by atoms with van der Waals surface area (Å²) >= 11 is 0. The molecule has 1 aromatic heterocycles. The van der Waals surface area contributed by atoms with Crippen LogP contribution in [0.15, 0.2) is 54.7 Å². The number of ether oxygens (including phenoxy) is 1. The first kappa shape index (κ1) is 12.3. The molecule has 0 atom stereocenters. The van der Waals surface area contributed by atoms with E-state index in [1.165, 1.54) is 7.11 Å². The van der Waals surface area contributed by atoms with Crippen LogP contribution in [-0.4, -0.2) is 22.8 Å². The van der Waals surface area contributed by atoms with Crippen molar-refractivity contribution in [3.8, 4) is 11.4 Å². The summed E-state index contributed by atoms with van der Waals surface area (Å²) in [6.07, 6.45) is 1.60. The third-order valence-corrected chi connectivity index (χ3v) is 3.26. The molecule has 3 rings (SSSR count). The second kappa shape index (κ2) is 4.74. The van der Waals surface area contributed by atoms with E-state index in [2.05, 4.69) is 0 Å². The van der Waals surface area contributed by atoms with E-state index < -0.39 is 5.97 Å². The second-order valence-electron chi connectivity index (χ2n) is 4.41. The third kappa shape index (κ3) is 1.82. The zero-order chi connectivity index (χ0) is 14.1. The molecule has 0 amide bonds. The predicted molar refractivity (Wildman–Crippen MR) is 76.3 cm³/mol. The zero-order valence-corrected chi connectivity index (χ0v) is 10.9. The van der Waals surface area contributed by atoms with Gasteiger partial charge < -0.3 is 14.4 Å². The molecule has 0 bridgehead atoms. The molecule has 4 heteroatoms. The summed E-state index contributed by atoms with van der Waals surface area (Å²) in [5.41, 5.74) is 1.97. The molecule has 0 saturated heterocycles. The van der Waals surface area contributed by atoms with Crippen LogP contribution >= 0.6 is 0 Å². The lowest BCUT2D eigenvalue weighted by atomic mass is 10.1. The lowest BCUT2D eigenvalue weighted by Crippen LogP contribution is -2.07. The molecule has 3 aromatic rings. The van der Waals surface area contributed by atoms with Gasteiger partial charge in [0.25, 0.3) is 0 Å². The molecule has 0 fully saturated rings. The number of nitrogens with zero attached hydrogens (tertiary/aromatic N) is 1. The van der Waals surface area contributed by atoms with Crippen LogP contribution in [0, 0.1) is 0 Å². The van der Waals surface area contributed by atoms with Crippen LogP contribution in [0.25, 0.3) is 16.6 Å². The van der Waals surface area contributed by atoms with E-state index in [9.17, 15) is 9.90 Å². The standard InChI is InChI=1S/C16H13NO3/c1-20-16(19)12-7-3-5-9-14(12)17-10-15(18)11-6-2-4-8-13(11)17/h2-10,18H,1H3. The van der Waals surface area contributed by atoms with Crippen molar-refractivity contribution < 1.29 is 14.6 Å². The average molecular weight is 267 g/mol. The van der Waals surface area contributed by atoms with E-state index in [0.717, 1.165) is 10.9 Å². The lowest BCUT2D eigenvalue weighted by Gasteiger charge is -2.10. The SMILES string of the molecule is COC(=O)c1ccccc1-n1cc(O)c2ccccc21. The number of hydrogen-bond acceptors (Lipinski definition) is 3. The maximum atomic E-state index is 11.9. The Morgan fingerprint density at radius 3 is 2.60 bits per heavy atom. The van der Waals surface area contributed by atoms with Crippen molar-refractivity contribution in [3.63, 3.8) is 0 Å². The van der Waals surface area contributed by atoms with Gasteiger partial charge in [-0.2, -0.15) is 0 Å². The Morgan fingerprint density at radius 2 is 1.80 bits per heavy atom. The number of carbonyl (C=O) groups is 1. The highest BCUT2D eigenvalue weighted by Crippen LogP contribution is 2.30. The van der Waals surface area contributed by atoms with Crippen LogP contribution in [0.5, 0.6) is 5.75 Å². The van der Waals surface area contributed by atoms with Crippen molar-refractivity contribution in [2.24, 2.45) is 0 Å². The minimum absolute atomic E-state index is 0.181. The largest absolute Gasteiger partial charge is 0.506 e. The fourth-order valence-electron chi connectivity index (χ4n) is 2.33. The molecule has 2 aromatic carbocycles. The predicted octanol–water partition coefficient (Wildman–Crippen LogP) is 3.12. The summed E-state index contributed by atoms with van der Waals surface area (Å²) in [5, 5.41) is 10.7. The Kier molecular flexibility index (Phi) is 2.91. The number of carbonyl (C=O) groups excluding carboxylic acids is 1. The molecular formula is C16H13NO3. The summed E-state index contributed by atoms with van der Waals surface area (Å²) in [7, 11) is 1.35. The van der Waals surface area contributed by atoms with Crippen molar-refractivity contribution in [1.29, 1.82) is 0 Å². The Hall–Kier alpha value is -2.75. The van der Waals surface area contributed by atoms with Gasteiger partial charge in [0, 0.05) is 5.39 Å². The van der Waals surface area contributed by atoms with Crippen molar-refractivity contribution in [3.05, 3.63) is 60.3 Å². The fraction of sp³-hybridized carbons (Fsp3) is 0.0625. The molecular weight excluding hydrogens is 254 g/mol. The number of esters is 1.